The van der Waals surface area contributed by atoms with Gasteiger partial charge in [0.05, 0.1) is 16.6 Å². The first kappa shape index (κ1) is 22.3. The number of thioether (sulfide) groups is 1. The van der Waals surface area contributed by atoms with Crippen LogP contribution in [0.25, 0.3) is 0 Å². The van der Waals surface area contributed by atoms with Crippen LogP contribution in [0.1, 0.15) is 35.3 Å². The number of carbonyl (C=O) groups excluding carboxylic acids is 2. The Labute approximate surface area is 185 Å². The largest absolute Gasteiger partial charge is 0.486 e. The maximum Gasteiger partial charge on any atom is 0.253 e. The van der Waals surface area contributed by atoms with E-state index < -0.39 is 6.04 Å². The van der Waals surface area contributed by atoms with Crippen molar-refractivity contribution in [1.29, 1.82) is 0 Å². The first-order valence-corrected chi connectivity index (χ1v) is 11.5. The molecular weight excluding hydrogens is 424 g/mol. The Morgan fingerprint density at radius 1 is 1.10 bits per heavy atom. The fourth-order valence-corrected chi connectivity index (χ4v) is 3.81. The van der Waals surface area contributed by atoms with Gasteiger partial charge in [0.1, 0.15) is 19.3 Å². The molecule has 2 N–H and O–H groups in total. The number of hydrogen-bond donors (Lipinski definition) is 2. The van der Waals surface area contributed by atoms with E-state index in [1.54, 1.807) is 36.0 Å². The Kier molecular flexibility index (Phi) is 7.87. The molecule has 8 heteroatoms. The highest BCUT2D eigenvalue weighted by atomic mass is 35.5. The number of rotatable bonds is 8. The summed E-state index contributed by atoms with van der Waals surface area (Å²) in [5.74, 6) is 1.50. The minimum absolute atomic E-state index is 0.244. The molecule has 160 valence electrons. The minimum atomic E-state index is -0.666. The van der Waals surface area contributed by atoms with E-state index in [9.17, 15) is 9.59 Å². The van der Waals surface area contributed by atoms with E-state index in [-0.39, 0.29) is 17.9 Å². The summed E-state index contributed by atoms with van der Waals surface area (Å²) < 4.78 is 11.2. The molecule has 2 amide bonds. The normalized spacial score (nSPS) is 14.5. The van der Waals surface area contributed by atoms with Crippen molar-refractivity contribution in [3.8, 4) is 11.5 Å². The average Bonchev–Trinajstić information content (AvgIpc) is 2.76. The molecular formula is C22H25ClN2O4S. The molecule has 1 aliphatic heterocycles. The maximum absolute atomic E-state index is 12.9. The van der Waals surface area contributed by atoms with Gasteiger partial charge in [-0.25, -0.2) is 0 Å². The number of hydrogen-bond acceptors (Lipinski definition) is 5. The first-order valence-electron chi connectivity index (χ1n) is 9.74. The number of carbonyl (C=O) groups is 2. The number of benzene rings is 2. The van der Waals surface area contributed by atoms with Crippen molar-refractivity contribution in [3.05, 3.63) is 58.6 Å². The zero-order chi connectivity index (χ0) is 21.5. The third kappa shape index (κ3) is 5.61. The summed E-state index contributed by atoms with van der Waals surface area (Å²) >= 11 is 7.74. The fraction of sp³-hybridized carbons (Fsp3) is 0.364. The molecule has 30 heavy (non-hydrogen) atoms. The van der Waals surface area contributed by atoms with Gasteiger partial charge in [0.2, 0.25) is 5.91 Å². The fourth-order valence-electron chi connectivity index (χ4n) is 3.11. The van der Waals surface area contributed by atoms with Crippen LogP contribution in [0.2, 0.25) is 5.02 Å². The van der Waals surface area contributed by atoms with Gasteiger partial charge in [0, 0.05) is 0 Å². The monoisotopic (exact) mass is 448 g/mol. The molecule has 2 aromatic carbocycles. The maximum atomic E-state index is 12.9. The van der Waals surface area contributed by atoms with Crippen LogP contribution in [-0.4, -0.2) is 43.1 Å². The molecule has 6 nitrogen and oxygen atoms in total. The predicted octanol–water partition coefficient (Wildman–Crippen LogP) is 3.84. The van der Waals surface area contributed by atoms with E-state index in [4.69, 9.17) is 21.1 Å². The van der Waals surface area contributed by atoms with Crippen molar-refractivity contribution in [2.45, 2.75) is 25.4 Å². The second-order valence-electron chi connectivity index (χ2n) is 6.92. The van der Waals surface area contributed by atoms with Crippen LogP contribution in [-0.2, 0) is 4.79 Å². The van der Waals surface area contributed by atoms with Gasteiger partial charge in [0.25, 0.3) is 5.91 Å². The van der Waals surface area contributed by atoms with Gasteiger partial charge in [-0.15, -0.1) is 0 Å². The van der Waals surface area contributed by atoms with Crippen molar-refractivity contribution in [1.82, 2.24) is 10.6 Å². The van der Waals surface area contributed by atoms with E-state index in [2.05, 4.69) is 10.6 Å². The molecule has 2 aromatic rings. The van der Waals surface area contributed by atoms with Crippen LogP contribution in [0, 0.1) is 0 Å². The Morgan fingerprint density at radius 3 is 2.57 bits per heavy atom. The lowest BCUT2D eigenvalue weighted by molar-refractivity contribution is -0.123. The minimum Gasteiger partial charge on any atom is -0.486 e. The highest BCUT2D eigenvalue weighted by Crippen LogP contribution is 2.32. The number of fused-ring (bicyclic) bond motifs is 1. The standard InChI is InChI=1S/C22H25ClN2O4S/c1-14(15-7-8-19-20(13-15)29-11-10-28-19)24-22(27)18(9-12-30-2)25-21(26)16-5-3-4-6-17(16)23/h3-8,13-14,18H,9-12H2,1-2H3,(H,24,27)(H,25,26). The zero-order valence-electron chi connectivity index (χ0n) is 16.9. The van der Waals surface area contributed by atoms with Gasteiger partial charge >= 0.3 is 0 Å². The summed E-state index contributed by atoms with van der Waals surface area (Å²) in [7, 11) is 0. The molecule has 3 rings (SSSR count). The lowest BCUT2D eigenvalue weighted by Crippen LogP contribution is -2.47. The number of ether oxygens (including phenoxy) is 2. The molecule has 1 heterocycles. The van der Waals surface area contributed by atoms with E-state index in [0.717, 1.165) is 11.3 Å². The molecule has 0 saturated heterocycles. The van der Waals surface area contributed by atoms with Crippen LogP contribution < -0.4 is 20.1 Å². The second kappa shape index (κ2) is 10.6. The smallest absolute Gasteiger partial charge is 0.253 e. The van der Waals surface area contributed by atoms with Gasteiger partial charge in [-0.2, -0.15) is 11.8 Å². The van der Waals surface area contributed by atoms with Crippen molar-refractivity contribution >= 4 is 35.2 Å². The summed E-state index contributed by atoms with van der Waals surface area (Å²) in [6.07, 6.45) is 2.47. The molecule has 2 atom stereocenters. The number of amides is 2. The lowest BCUT2D eigenvalue weighted by atomic mass is 10.1. The highest BCUT2D eigenvalue weighted by molar-refractivity contribution is 7.98. The van der Waals surface area contributed by atoms with Gasteiger partial charge in [-0.05, 0) is 55.2 Å². The summed E-state index contributed by atoms with van der Waals surface area (Å²) in [5.41, 5.74) is 1.25. The Hall–Kier alpha value is -2.38. The molecule has 0 spiro atoms. The number of nitrogens with one attached hydrogen (secondary N) is 2. The van der Waals surface area contributed by atoms with Crippen molar-refractivity contribution < 1.29 is 19.1 Å². The predicted molar refractivity (Wildman–Crippen MR) is 120 cm³/mol. The van der Waals surface area contributed by atoms with E-state index >= 15 is 0 Å². The van der Waals surface area contributed by atoms with E-state index in [0.29, 0.717) is 41.7 Å². The molecule has 0 radical (unpaired) electrons. The van der Waals surface area contributed by atoms with Crippen LogP contribution >= 0.6 is 23.4 Å². The van der Waals surface area contributed by atoms with Crippen LogP contribution in [0.3, 0.4) is 0 Å². The summed E-state index contributed by atoms with van der Waals surface area (Å²) in [5, 5.41) is 6.16. The third-order valence-corrected chi connectivity index (χ3v) is 5.75. The van der Waals surface area contributed by atoms with E-state index in [1.165, 1.54) is 0 Å². The van der Waals surface area contributed by atoms with Crippen LogP contribution in [0.15, 0.2) is 42.5 Å². The molecule has 2 unspecified atom stereocenters. The quantitative estimate of drug-likeness (QED) is 0.641. The first-order chi connectivity index (χ1) is 14.5. The van der Waals surface area contributed by atoms with Crippen molar-refractivity contribution in [2.24, 2.45) is 0 Å². The lowest BCUT2D eigenvalue weighted by Gasteiger charge is -2.23. The Balaban J connectivity index is 1.68. The zero-order valence-corrected chi connectivity index (χ0v) is 18.5. The summed E-state index contributed by atoms with van der Waals surface area (Å²) in [4.78, 5) is 25.6. The molecule has 0 bridgehead atoms. The SMILES string of the molecule is CSCCC(NC(=O)c1ccccc1Cl)C(=O)NC(C)c1ccc2c(c1)OCCO2. The van der Waals surface area contributed by atoms with Gasteiger partial charge in [0.15, 0.2) is 11.5 Å². The van der Waals surface area contributed by atoms with Gasteiger partial charge < -0.3 is 20.1 Å². The molecule has 0 aromatic heterocycles. The molecule has 0 saturated carbocycles. The average molecular weight is 449 g/mol. The number of halogens is 1. The Morgan fingerprint density at radius 2 is 1.83 bits per heavy atom. The third-order valence-electron chi connectivity index (χ3n) is 4.78. The topological polar surface area (TPSA) is 76.7 Å². The van der Waals surface area contributed by atoms with Gasteiger partial charge in [-0.3, -0.25) is 9.59 Å². The van der Waals surface area contributed by atoms with Crippen LogP contribution in [0.4, 0.5) is 0 Å². The highest BCUT2D eigenvalue weighted by Gasteiger charge is 2.24. The summed E-state index contributed by atoms with van der Waals surface area (Å²) in [6, 6.07) is 11.5. The Bertz CT molecular complexity index is 908. The van der Waals surface area contributed by atoms with Crippen molar-refractivity contribution in [2.75, 3.05) is 25.2 Å². The van der Waals surface area contributed by atoms with Crippen LogP contribution in [0.5, 0.6) is 11.5 Å². The molecule has 0 fully saturated rings. The molecule has 1 aliphatic rings. The van der Waals surface area contributed by atoms with Gasteiger partial charge in [-0.1, -0.05) is 29.8 Å². The van der Waals surface area contributed by atoms with Crippen molar-refractivity contribution in [3.63, 3.8) is 0 Å². The molecule has 0 aliphatic carbocycles. The summed E-state index contributed by atoms with van der Waals surface area (Å²) in [6.45, 7) is 2.92. The van der Waals surface area contributed by atoms with E-state index in [1.807, 2.05) is 31.4 Å². The second-order valence-corrected chi connectivity index (χ2v) is 8.31.